The number of hydrogen-bond acceptors (Lipinski definition) is 2. The molecule has 84 valence electrons. The first-order chi connectivity index (χ1) is 7.18. The molecule has 2 saturated heterocycles. The predicted octanol–water partition coefficient (Wildman–Crippen LogP) is 1.58. The van der Waals surface area contributed by atoms with E-state index in [1.165, 1.54) is 19.3 Å². The topological polar surface area (TPSA) is 40.5 Å². The Labute approximate surface area is 90.5 Å². The maximum Gasteiger partial charge on any atom is 0.308 e. The fourth-order valence-corrected chi connectivity index (χ4v) is 3.69. The van der Waals surface area contributed by atoms with Crippen molar-refractivity contribution in [1.82, 2.24) is 4.90 Å². The van der Waals surface area contributed by atoms with E-state index in [4.69, 9.17) is 5.11 Å². The van der Waals surface area contributed by atoms with Crippen LogP contribution in [0.1, 0.15) is 32.6 Å². The molecule has 3 nitrogen and oxygen atoms in total. The van der Waals surface area contributed by atoms with Crippen molar-refractivity contribution in [3.05, 3.63) is 0 Å². The maximum absolute atomic E-state index is 11.0. The summed E-state index contributed by atoms with van der Waals surface area (Å²) in [7, 11) is 0. The fraction of sp³-hybridized carbons (Fsp3) is 0.917. The van der Waals surface area contributed by atoms with Gasteiger partial charge in [0, 0.05) is 18.6 Å². The maximum atomic E-state index is 11.0. The van der Waals surface area contributed by atoms with E-state index in [1.807, 2.05) is 0 Å². The Kier molecular flexibility index (Phi) is 2.06. The van der Waals surface area contributed by atoms with Gasteiger partial charge in [-0.25, -0.2) is 0 Å². The van der Waals surface area contributed by atoms with Crippen molar-refractivity contribution in [1.29, 1.82) is 0 Å². The summed E-state index contributed by atoms with van der Waals surface area (Å²) in [6.07, 6.45) is 5.22. The van der Waals surface area contributed by atoms with Crippen LogP contribution >= 0.6 is 0 Å². The number of hydrogen-bond donors (Lipinski definition) is 1. The zero-order chi connectivity index (χ0) is 10.6. The van der Waals surface area contributed by atoms with E-state index in [0.29, 0.717) is 18.0 Å². The molecule has 0 radical (unpaired) electrons. The van der Waals surface area contributed by atoms with Crippen LogP contribution in [0.2, 0.25) is 0 Å². The Morgan fingerprint density at radius 1 is 1.47 bits per heavy atom. The summed E-state index contributed by atoms with van der Waals surface area (Å²) in [5, 5.41) is 9.10. The lowest BCUT2D eigenvalue weighted by molar-refractivity contribution is -0.147. The summed E-state index contributed by atoms with van der Waals surface area (Å²) in [4.78, 5) is 13.5. The normalized spacial score (nSPS) is 42.1. The second-order valence-corrected chi connectivity index (χ2v) is 5.56. The number of aliphatic carboxylic acids is 1. The molecule has 0 amide bonds. The molecule has 2 aliphatic carbocycles. The highest BCUT2D eigenvalue weighted by atomic mass is 16.4. The van der Waals surface area contributed by atoms with Gasteiger partial charge >= 0.3 is 5.97 Å². The van der Waals surface area contributed by atoms with Gasteiger partial charge in [0.25, 0.3) is 0 Å². The van der Waals surface area contributed by atoms with Crippen molar-refractivity contribution >= 4 is 5.97 Å². The van der Waals surface area contributed by atoms with Crippen LogP contribution in [0, 0.1) is 17.8 Å². The molecule has 2 aliphatic heterocycles. The third-order valence-corrected chi connectivity index (χ3v) is 4.98. The molecule has 0 spiro atoms. The summed E-state index contributed by atoms with van der Waals surface area (Å²) in [6, 6.07) is 0.987. The lowest BCUT2D eigenvalue weighted by atomic mass is 9.73. The highest BCUT2D eigenvalue weighted by molar-refractivity contribution is 5.73. The molecule has 4 atom stereocenters. The van der Waals surface area contributed by atoms with Crippen LogP contribution in [0.15, 0.2) is 0 Å². The first-order valence-electron chi connectivity index (χ1n) is 6.17. The first kappa shape index (κ1) is 9.64. The molecule has 3 heteroatoms. The molecule has 15 heavy (non-hydrogen) atoms. The van der Waals surface area contributed by atoms with Crippen LogP contribution in [0.4, 0.5) is 0 Å². The van der Waals surface area contributed by atoms with Crippen molar-refractivity contribution in [2.24, 2.45) is 17.8 Å². The standard InChI is InChI=1S/C12H19NO2/c1-7(8-3-2-4-8)13-6-9-5-10(13)11(9)12(14)15/h7-11H,2-6H2,1H3,(H,14,15). The minimum absolute atomic E-state index is 0.0486. The van der Waals surface area contributed by atoms with Gasteiger partial charge in [-0.05, 0) is 38.0 Å². The average Bonchev–Trinajstić information content (AvgIpc) is 2.53. The van der Waals surface area contributed by atoms with Crippen LogP contribution in [0.5, 0.6) is 0 Å². The molecule has 0 aromatic carbocycles. The fourth-order valence-electron chi connectivity index (χ4n) is 3.69. The van der Waals surface area contributed by atoms with Crippen LogP contribution in [0.3, 0.4) is 0 Å². The highest BCUT2D eigenvalue weighted by Gasteiger charge is 2.57. The molecular formula is C12H19NO2. The van der Waals surface area contributed by atoms with Gasteiger partial charge in [-0.15, -0.1) is 0 Å². The lowest BCUT2D eigenvalue weighted by Gasteiger charge is -2.41. The number of nitrogens with zero attached hydrogens (tertiary/aromatic N) is 1. The van der Waals surface area contributed by atoms with Gasteiger partial charge < -0.3 is 5.11 Å². The monoisotopic (exact) mass is 209 g/mol. The molecule has 4 rings (SSSR count). The van der Waals surface area contributed by atoms with Gasteiger partial charge in [0.1, 0.15) is 0 Å². The number of carboxylic acid groups (broad SMARTS) is 1. The van der Waals surface area contributed by atoms with Crippen LogP contribution in [0.25, 0.3) is 0 Å². The van der Waals surface area contributed by atoms with Gasteiger partial charge in [-0.1, -0.05) is 6.42 Å². The number of fused-ring (bicyclic) bond motifs is 1. The van der Waals surface area contributed by atoms with Gasteiger partial charge in [0.05, 0.1) is 5.92 Å². The van der Waals surface area contributed by atoms with E-state index in [0.717, 1.165) is 18.9 Å². The first-order valence-corrected chi connectivity index (χ1v) is 6.17. The summed E-state index contributed by atoms with van der Waals surface area (Å²) in [5.41, 5.74) is 0. The van der Waals surface area contributed by atoms with Crippen LogP contribution in [-0.4, -0.2) is 34.6 Å². The van der Waals surface area contributed by atoms with E-state index >= 15 is 0 Å². The third kappa shape index (κ3) is 1.25. The molecule has 0 aromatic rings. The van der Waals surface area contributed by atoms with Gasteiger partial charge in [0.2, 0.25) is 0 Å². The smallest absolute Gasteiger partial charge is 0.308 e. The van der Waals surface area contributed by atoms with Gasteiger partial charge in [-0.3, -0.25) is 9.69 Å². The molecule has 2 bridgehead atoms. The molecule has 2 saturated carbocycles. The molecule has 4 aliphatic rings. The molecule has 4 fully saturated rings. The molecule has 4 unspecified atom stereocenters. The predicted molar refractivity (Wildman–Crippen MR) is 56.5 cm³/mol. The second kappa shape index (κ2) is 3.21. The highest BCUT2D eigenvalue weighted by Crippen LogP contribution is 2.49. The zero-order valence-electron chi connectivity index (χ0n) is 9.22. The van der Waals surface area contributed by atoms with E-state index < -0.39 is 5.97 Å². The molecule has 2 heterocycles. The van der Waals surface area contributed by atoms with E-state index in [-0.39, 0.29) is 5.92 Å². The van der Waals surface area contributed by atoms with E-state index in [9.17, 15) is 4.79 Å². The van der Waals surface area contributed by atoms with Gasteiger partial charge in [-0.2, -0.15) is 0 Å². The quantitative estimate of drug-likeness (QED) is 0.767. The Hall–Kier alpha value is -0.570. The minimum atomic E-state index is -0.570. The summed E-state index contributed by atoms with van der Waals surface area (Å²) >= 11 is 0. The average molecular weight is 209 g/mol. The SMILES string of the molecule is CC(C1CCC1)N1CC2CC1C2C(=O)O. The Balaban J connectivity index is 1.67. The van der Waals surface area contributed by atoms with Crippen LogP contribution in [-0.2, 0) is 4.79 Å². The van der Waals surface area contributed by atoms with Crippen molar-refractivity contribution in [2.45, 2.75) is 44.7 Å². The number of carboxylic acids is 1. The summed E-state index contributed by atoms with van der Waals surface area (Å²) in [6.45, 7) is 3.34. The van der Waals surface area contributed by atoms with E-state index in [2.05, 4.69) is 11.8 Å². The largest absolute Gasteiger partial charge is 0.481 e. The summed E-state index contributed by atoms with van der Waals surface area (Å²) in [5.74, 6) is 0.681. The van der Waals surface area contributed by atoms with Crippen molar-refractivity contribution in [2.75, 3.05) is 6.54 Å². The Morgan fingerprint density at radius 2 is 2.20 bits per heavy atom. The number of rotatable bonds is 3. The van der Waals surface area contributed by atoms with E-state index in [1.54, 1.807) is 0 Å². The van der Waals surface area contributed by atoms with Crippen molar-refractivity contribution in [3.8, 4) is 0 Å². The third-order valence-electron chi connectivity index (χ3n) is 4.98. The zero-order valence-corrected chi connectivity index (χ0v) is 9.22. The number of carbonyl (C=O) groups is 1. The van der Waals surface area contributed by atoms with Gasteiger partial charge in [0.15, 0.2) is 0 Å². The van der Waals surface area contributed by atoms with Crippen LogP contribution < -0.4 is 0 Å². The Morgan fingerprint density at radius 3 is 2.67 bits per heavy atom. The molecular weight excluding hydrogens is 190 g/mol. The summed E-state index contributed by atoms with van der Waals surface area (Å²) < 4.78 is 0. The Bertz CT molecular complexity index is 287. The lowest BCUT2D eigenvalue weighted by Crippen LogP contribution is -2.48. The molecule has 1 N–H and O–H groups in total. The molecule has 0 aromatic heterocycles. The minimum Gasteiger partial charge on any atom is -0.481 e. The van der Waals surface area contributed by atoms with Crippen molar-refractivity contribution < 1.29 is 9.90 Å². The second-order valence-electron chi connectivity index (χ2n) is 5.56. The van der Waals surface area contributed by atoms with Crippen molar-refractivity contribution in [3.63, 3.8) is 0 Å².